The Morgan fingerprint density at radius 1 is 1.19 bits per heavy atom. The molecule has 0 spiro atoms. The average molecular weight is 389 g/mol. The molecule has 3 aromatic heterocycles. The lowest BCUT2D eigenvalue weighted by Gasteiger charge is -2.05. The van der Waals surface area contributed by atoms with Crippen molar-refractivity contribution in [2.75, 3.05) is 0 Å². The van der Waals surface area contributed by atoms with Crippen LogP contribution >= 0.6 is 11.3 Å². The second-order valence-electron chi connectivity index (χ2n) is 5.57. The molecular weight excluding hydrogens is 379 g/mol. The minimum Gasteiger partial charge on any atom is -0.464 e. The Labute approximate surface area is 154 Å². The van der Waals surface area contributed by atoms with Gasteiger partial charge in [-0.2, -0.15) is 22.9 Å². The first-order chi connectivity index (χ1) is 12.9. The van der Waals surface area contributed by atoms with Crippen LogP contribution in [0.25, 0.3) is 21.5 Å². The van der Waals surface area contributed by atoms with Gasteiger partial charge in [-0.25, -0.2) is 4.98 Å². The Kier molecular flexibility index (Phi) is 4.15. The predicted molar refractivity (Wildman–Crippen MR) is 96.0 cm³/mol. The first-order valence-corrected chi connectivity index (χ1v) is 8.56. The molecule has 27 heavy (non-hydrogen) atoms. The van der Waals surface area contributed by atoms with Crippen molar-refractivity contribution in [3.8, 4) is 11.3 Å². The van der Waals surface area contributed by atoms with E-state index in [1.165, 1.54) is 42.3 Å². The summed E-state index contributed by atoms with van der Waals surface area (Å²) >= 11 is 1.31. The standard InChI is InChI=1S/C18H10F3N3O2S/c19-18(20,21)12-5-3-11(4-6-12)8-23-24-10-22-16-15(17(24)25)13(9-27-16)14-2-1-7-26-14/h1-10H/b23-8-. The van der Waals surface area contributed by atoms with E-state index >= 15 is 0 Å². The number of hydrogen-bond donors (Lipinski definition) is 0. The van der Waals surface area contributed by atoms with Gasteiger partial charge in [-0.05, 0) is 29.8 Å². The molecule has 4 aromatic rings. The Morgan fingerprint density at radius 3 is 2.63 bits per heavy atom. The molecule has 0 saturated heterocycles. The zero-order valence-corrected chi connectivity index (χ0v) is 14.3. The minimum absolute atomic E-state index is 0.377. The van der Waals surface area contributed by atoms with E-state index in [9.17, 15) is 18.0 Å². The largest absolute Gasteiger partial charge is 0.464 e. The van der Waals surface area contributed by atoms with Crippen molar-refractivity contribution in [2.45, 2.75) is 6.18 Å². The predicted octanol–water partition coefficient (Wildman–Crippen LogP) is 4.62. The topological polar surface area (TPSA) is 60.4 Å². The molecule has 136 valence electrons. The molecule has 9 heteroatoms. The van der Waals surface area contributed by atoms with Gasteiger partial charge in [0.05, 0.1) is 23.4 Å². The maximum absolute atomic E-state index is 12.7. The number of nitrogens with zero attached hydrogens (tertiary/aromatic N) is 3. The van der Waals surface area contributed by atoms with Crippen molar-refractivity contribution in [3.63, 3.8) is 0 Å². The van der Waals surface area contributed by atoms with Gasteiger partial charge in [0.15, 0.2) is 0 Å². The summed E-state index contributed by atoms with van der Waals surface area (Å²) in [5, 5.41) is 6.19. The molecule has 0 unspecified atom stereocenters. The van der Waals surface area contributed by atoms with Gasteiger partial charge < -0.3 is 4.42 Å². The summed E-state index contributed by atoms with van der Waals surface area (Å²) in [6.07, 6.45) is -0.319. The SMILES string of the molecule is O=c1c2c(-c3ccco3)csc2ncn1/N=C\c1ccc(C(F)(F)F)cc1. The Morgan fingerprint density at radius 2 is 1.96 bits per heavy atom. The third-order valence-corrected chi connectivity index (χ3v) is 4.72. The van der Waals surface area contributed by atoms with Gasteiger partial charge in [-0.15, -0.1) is 11.3 Å². The molecule has 0 aliphatic heterocycles. The lowest BCUT2D eigenvalue weighted by atomic mass is 10.1. The van der Waals surface area contributed by atoms with Gasteiger partial charge in [-0.1, -0.05) is 12.1 Å². The normalized spacial score (nSPS) is 12.3. The first kappa shape index (κ1) is 17.2. The van der Waals surface area contributed by atoms with Crippen molar-refractivity contribution in [2.24, 2.45) is 5.10 Å². The summed E-state index contributed by atoms with van der Waals surface area (Å²) < 4.78 is 44.2. The lowest BCUT2D eigenvalue weighted by molar-refractivity contribution is -0.137. The molecule has 0 N–H and O–H groups in total. The highest BCUT2D eigenvalue weighted by molar-refractivity contribution is 7.17. The van der Waals surface area contributed by atoms with Gasteiger partial charge in [0, 0.05) is 10.9 Å². The summed E-state index contributed by atoms with van der Waals surface area (Å²) in [5.74, 6) is 0.546. The zero-order chi connectivity index (χ0) is 19.0. The fourth-order valence-electron chi connectivity index (χ4n) is 2.51. The number of rotatable bonds is 3. The highest BCUT2D eigenvalue weighted by atomic mass is 32.1. The average Bonchev–Trinajstić information content (AvgIpc) is 3.30. The van der Waals surface area contributed by atoms with Crippen LogP contribution in [0.2, 0.25) is 0 Å². The van der Waals surface area contributed by atoms with E-state index in [4.69, 9.17) is 4.42 Å². The quantitative estimate of drug-likeness (QED) is 0.481. The molecule has 4 rings (SSSR count). The van der Waals surface area contributed by atoms with Crippen LogP contribution in [0, 0.1) is 0 Å². The molecule has 1 aromatic carbocycles. The maximum Gasteiger partial charge on any atom is 0.416 e. The van der Waals surface area contributed by atoms with Gasteiger partial charge in [-0.3, -0.25) is 4.79 Å². The molecule has 5 nitrogen and oxygen atoms in total. The summed E-state index contributed by atoms with van der Waals surface area (Å²) in [6, 6.07) is 7.93. The fraction of sp³-hybridized carbons (Fsp3) is 0.0556. The smallest absolute Gasteiger partial charge is 0.416 e. The van der Waals surface area contributed by atoms with Gasteiger partial charge >= 0.3 is 6.18 Å². The molecule has 3 heterocycles. The van der Waals surface area contributed by atoms with Crippen LogP contribution in [0.3, 0.4) is 0 Å². The summed E-state index contributed by atoms with van der Waals surface area (Å²) in [7, 11) is 0. The van der Waals surface area contributed by atoms with Crippen molar-refractivity contribution in [3.05, 3.63) is 75.8 Å². The molecule has 0 fully saturated rings. The van der Waals surface area contributed by atoms with E-state index < -0.39 is 17.3 Å². The molecule has 0 amide bonds. The molecule has 0 saturated carbocycles. The van der Waals surface area contributed by atoms with Crippen LogP contribution in [-0.4, -0.2) is 15.9 Å². The monoisotopic (exact) mass is 389 g/mol. The maximum atomic E-state index is 12.7. The number of halogens is 3. The number of fused-ring (bicyclic) bond motifs is 1. The van der Waals surface area contributed by atoms with Gasteiger partial charge in [0.1, 0.15) is 16.9 Å². The number of alkyl halides is 3. The van der Waals surface area contributed by atoms with E-state index in [1.54, 1.807) is 17.5 Å². The Balaban J connectivity index is 1.70. The highest BCUT2D eigenvalue weighted by Gasteiger charge is 2.29. The summed E-state index contributed by atoms with van der Waals surface area (Å²) in [4.78, 5) is 17.5. The fourth-order valence-corrected chi connectivity index (χ4v) is 3.39. The number of thiophene rings is 1. The van der Waals surface area contributed by atoms with Crippen LogP contribution in [0.5, 0.6) is 0 Å². The number of hydrogen-bond acceptors (Lipinski definition) is 5. The molecule has 0 atom stereocenters. The van der Waals surface area contributed by atoms with Crippen LogP contribution in [0.15, 0.2) is 68.7 Å². The Bertz CT molecular complexity index is 1170. The second-order valence-corrected chi connectivity index (χ2v) is 6.42. The molecule has 0 bridgehead atoms. The van der Waals surface area contributed by atoms with Crippen molar-refractivity contribution < 1.29 is 17.6 Å². The van der Waals surface area contributed by atoms with Crippen LogP contribution in [0.4, 0.5) is 13.2 Å². The number of furan rings is 1. The third-order valence-electron chi connectivity index (χ3n) is 3.83. The number of benzene rings is 1. The molecule has 0 aliphatic carbocycles. The minimum atomic E-state index is -4.40. The van der Waals surface area contributed by atoms with Gasteiger partial charge in [0.25, 0.3) is 5.56 Å². The number of aromatic nitrogens is 2. The van der Waals surface area contributed by atoms with Crippen molar-refractivity contribution >= 4 is 27.8 Å². The van der Waals surface area contributed by atoms with E-state index in [0.29, 0.717) is 27.1 Å². The molecular formula is C18H10F3N3O2S. The van der Waals surface area contributed by atoms with Crippen LogP contribution in [0.1, 0.15) is 11.1 Å². The van der Waals surface area contributed by atoms with E-state index in [-0.39, 0.29) is 0 Å². The van der Waals surface area contributed by atoms with Crippen LogP contribution < -0.4 is 5.56 Å². The zero-order valence-electron chi connectivity index (χ0n) is 13.5. The summed E-state index contributed by atoms with van der Waals surface area (Å²) in [5.41, 5.74) is -0.0970. The lowest BCUT2D eigenvalue weighted by Crippen LogP contribution is -2.16. The van der Waals surface area contributed by atoms with Gasteiger partial charge in [0.2, 0.25) is 0 Å². The second kappa shape index (κ2) is 6.51. The molecule has 0 radical (unpaired) electrons. The van der Waals surface area contributed by atoms with Crippen molar-refractivity contribution in [1.29, 1.82) is 0 Å². The van der Waals surface area contributed by atoms with E-state index in [0.717, 1.165) is 16.8 Å². The summed E-state index contributed by atoms with van der Waals surface area (Å²) in [6.45, 7) is 0. The molecule has 0 aliphatic rings. The first-order valence-electron chi connectivity index (χ1n) is 7.68. The van der Waals surface area contributed by atoms with Crippen molar-refractivity contribution in [1.82, 2.24) is 9.66 Å². The Hall–Kier alpha value is -3.20. The van der Waals surface area contributed by atoms with E-state index in [1.807, 2.05) is 0 Å². The highest BCUT2D eigenvalue weighted by Crippen LogP contribution is 2.31. The third kappa shape index (κ3) is 3.28. The van der Waals surface area contributed by atoms with E-state index in [2.05, 4.69) is 10.1 Å². The van der Waals surface area contributed by atoms with Crippen LogP contribution in [-0.2, 0) is 6.18 Å².